The number of hydrogen-bond acceptors (Lipinski definition) is 4. The van der Waals surface area contributed by atoms with Crippen molar-refractivity contribution in [3.8, 4) is 0 Å². The third kappa shape index (κ3) is 2.64. The minimum atomic E-state index is -0.937. The molecule has 5 rings (SSSR count). The molecular weight excluding hydrogens is 404 g/mol. The Bertz CT molecular complexity index is 978. The maximum Gasteiger partial charge on any atom is 0.238 e. The van der Waals surface area contributed by atoms with Gasteiger partial charge >= 0.3 is 0 Å². The van der Waals surface area contributed by atoms with Gasteiger partial charge in [-0.25, -0.2) is 0 Å². The fourth-order valence-electron chi connectivity index (χ4n) is 7.13. The second-order valence-corrected chi connectivity index (χ2v) is 11.6. The Labute approximate surface area is 188 Å². The fraction of sp³-hybridized carbons (Fsp3) is 0.615. The van der Waals surface area contributed by atoms with E-state index in [1.54, 1.807) is 24.3 Å². The van der Waals surface area contributed by atoms with Gasteiger partial charge in [-0.15, -0.1) is 0 Å². The molecule has 4 unspecified atom stereocenters. The minimum absolute atomic E-state index is 0.0421. The lowest BCUT2D eigenvalue weighted by molar-refractivity contribution is -0.143. The number of rotatable bonds is 4. The molecule has 1 aromatic carbocycles. The van der Waals surface area contributed by atoms with Gasteiger partial charge in [0.25, 0.3) is 0 Å². The molecule has 4 saturated carbocycles. The molecule has 0 aliphatic heterocycles. The van der Waals surface area contributed by atoms with E-state index in [-0.39, 0.29) is 35.2 Å². The van der Waals surface area contributed by atoms with Gasteiger partial charge in [-0.1, -0.05) is 33.8 Å². The molecule has 0 saturated heterocycles. The van der Waals surface area contributed by atoms with Crippen LogP contribution in [0.15, 0.2) is 24.3 Å². The Balaban J connectivity index is 1.32. The Morgan fingerprint density at radius 3 is 1.53 bits per heavy atom. The highest BCUT2D eigenvalue weighted by Gasteiger charge is 2.66. The van der Waals surface area contributed by atoms with Crippen molar-refractivity contribution in [2.24, 2.45) is 33.5 Å². The summed E-state index contributed by atoms with van der Waals surface area (Å²) in [7, 11) is 0. The molecular formula is C26H32N2O4. The average molecular weight is 437 g/mol. The molecule has 4 aliphatic carbocycles. The molecule has 2 amide bonds. The molecule has 0 heterocycles. The number of Topliss-reactive ketones (excluding diaryl/α,β-unsaturated/α-hetero) is 2. The van der Waals surface area contributed by atoms with Crippen molar-refractivity contribution in [1.82, 2.24) is 0 Å². The van der Waals surface area contributed by atoms with Crippen LogP contribution in [0.4, 0.5) is 11.4 Å². The van der Waals surface area contributed by atoms with E-state index < -0.39 is 21.7 Å². The van der Waals surface area contributed by atoms with Gasteiger partial charge in [0.05, 0.1) is 0 Å². The molecule has 1 aromatic rings. The van der Waals surface area contributed by atoms with Crippen LogP contribution in [-0.2, 0) is 19.2 Å². The van der Waals surface area contributed by atoms with Crippen molar-refractivity contribution in [1.29, 1.82) is 0 Å². The second kappa shape index (κ2) is 6.52. The summed E-state index contributed by atoms with van der Waals surface area (Å²) in [5, 5.41) is 5.86. The van der Waals surface area contributed by atoms with Gasteiger partial charge in [0.1, 0.15) is 10.8 Å². The maximum atomic E-state index is 13.2. The van der Waals surface area contributed by atoms with E-state index >= 15 is 0 Å². The maximum absolute atomic E-state index is 13.2. The largest absolute Gasteiger partial charge is 0.325 e. The summed E-state index contributed by atoms with van der Waals surface area (Å²) in [5.74, 6) is 0.108. The second-order valence-electron chi connectivity index (χ2n) is 11.6. The van der Waals surface area contributed by atoms with Gasteiger partial charge in [-0.3, -0.25) is 19.2 Å². The van der Waals surface area contributed by atoms with E-state index in [9.17, 15) is 19.2 Å². The minimum Gasteiger partial charge on any atom is -0.325 e. The number of nitrogens with one attached hydrogen (secondary N) is 2. The lowest BCUT2D eigenvalue weighted by Crippen LogP contribution is -2.44. The summed E-state index contributed by atoms with van der Waals surface area (Å²) in [4.78, 5) is 52.4. The summed E-state index contributed by atoms with van der Waals surface area (Å²) in [6.07, 6.45) is 4.23. The zero-order chi connectivity index (χ0) is 23.1. The highest BCUT2D eigenvalue weighted by atomic mass is 16.2. The Hall–Kier alpha value is -2.50. The molecule has 32 heavy (non-hydrogen) atoms. The van der Waals surface area contributed by atoms with Gasteiger partial charge in [0.15, 0.2) is 11.6 Å². The van der Waals surface area contributed by atoms with Gasteiger partial charge < -0.3 is 10.6 Å². The number of amides is 2. The Morgan fingerprint density at radius 1 is 0.781 bits per heavy atom. The highest BCUT2D eigenvalue weighted by molar-refractivity contribution is 6.16. The summed E-state index contributed by atoms with van der Waals surface area (Å²) < 4.78 is 0. The van der Waals surface area contributed by atoms with Crippen molar-refractivity contribution in [3.63, 3.8) is 0 Å². The standard InChI is InChI=1S/C26H32N2O4/c1-23(2)15-8-10-25(13-15,19(23)29)21(31)27-17-6-5-7-18(12-17)28-22(32)26-11-9-16(14-26)24(3,4)20(26)30/h5-7,12,15-16H,8-11,13-14H2,1-4H3,(H,27,31)(H,28,32). The number of anilines is 2. The van der Waals surface area contributed by atoms with Crippen LogP contribution in [0.3, 0.4) is 0 Å². The molecule has 170 valence electrons. The van der Waals surface area contributed by atoms with Gasteiger partial charge in [0, 0.05) is 22.2 Å². The molecule has 4 fully saturated rings. The van der Waals surface area contributed by atoms with Crippen LogP contribution < -0.4 is 10.6 Å². The topological polar surface area (TPSA) is 92.3 Å². The van der Waals surface area contributed by atoms with Crippen molar-refractivity contribution in [2.75, 3.05) is 10.6 Å². The van der Waals surface area contributed by atoms with Crippen molar-refractivity contribution in [3.05, 3.63) is 24.3 Å². The summed E-state index contributed by atoms with van der Waals surface area (Å²) in [6.45, 7) is 7.79. The molecule has 0 spiro atoms. The molecule has 6 nitrogen and oxygen atoms in total. The van der Waals surface area contributed by atoms with Crippen LogP contribution in [0.1, 0.15) is 66.2 Å². The summed E-state index contributed by atoms with van der Waals surface area (Å²) >= 11 is 0. The van der Waals surface area contributed by atoms with Crippen LogP contribution in [0.5, 0.6) is 0 Å². The zero-order valence-corrected chi connectivity index (χ0v) is 19.3. The number of fused-ring (bicyclic) bond motifs is 4. The first-order valence-electron chi connectivity index (χ1n) is 11.8. The van der Waals surface area contributed by atoms with Crippen molar-refractivity contribution >= 4 is 34.8 Å². The number of hydrogen-bond donors (Lipinski definition) is 2. The summed E-state index contributed by atoms with van der Waals surface area (Å²) in [6, 6.07) is 6.98. The van der Waals surface area contributed by atoms with Crippen LogP contribution >= 0.6 is 0 Å². The van der Waals surface area contributed by atoms with E-state index in [2.05, 4.69) is 10.6 Å². The fourth-order valence-corrected chi connectivity index (χ4v) is 7.13. The molecule has 0 radical (unpaired) electrons. The van der Waals surface area contributed by atoms with E-state index in [1.165, 1.54) is 0 Å². The third-order valence-electron chi connectivity index (χ3n) is 9.36. The van der Waals surface area contributed by atoms with Crippen LogP contribution in [0.2, 0.25) is 0 Å². The number of carbonyl (C=O) groups is 4. The molecule has 4 bridgehead atoms. The lowest BCUT2D eigenvalue weighted by atomic mass is 9.70. The van der Waals surface area contributed by atoms with E-state index in [0.29, 0.717) is 37.1 Å². The van der Waals surface area contributed by atoms with Crippen LogP contribution in [0.25, 0.3) is 0 Å². The van der Waals surface area contributed by atoms with Crippen LogP contribution in [-0.4, -0.2) is 23.4 Å². The van der Waals surface area contributed by atoms with E-state index in [0.717, 1.165) is 12.8 Å². The molecule has 0 aromatic heterocycles. The van der Waals surface area contributed by atoms with Crippen LogP contribution in [0, 0.1) is 33.5 Å². The predicted octanol–water partition coefficient (Wildman–Crippen LogP) is 4.35. The van der Waals surface area contributed by atoms with Gasteiger partial charge in [-0.05, 0) is 68.6 Å². The van der Waals surface area contributed by atoms with Crippen molar-refractivity contribution in [2.45, 2.75) is 66.2 Å². The first-order chi connectivity index (χ1) is 14.9. The average Bonchev–Trinajstić information content (AvgIpc) is 3.46. The zero-order valence-electron chi connectivity index (χ0n) is 19.3. The monoisotopic (exact) mass is 436 g/mol. The first kappa shape index (κ1) is 21.4. The SMILES string of the molecule is CC1(C)C(=O)C2(C(=O)Nc3cccc(NC(=O)C45CCC(C4)C(C)(C)C5=O)c3)CCC1C2. The quantitative estimate of drug-likeness (QED) is 0.686. The highest BCUT2D eigenvalue weighted by Crippen LogP contribution is 2.61. The van der Waals surface area contributed by atoms with Crippen molar-refractivity contribution < 1.29 is 19.2 Å². The third-order valence-corrected chi connectivity index (χ3v) is 9.36. The van der Waals surface area contributed by atoms with Gasteiger partial charge in [-0.2, -0.15) is 0 Å². The Morgan fingerprint density at radius 2 is 1.19 bits per heavy atom. The normalized spacial score (nSPS) is 35.9. The predicted molar refractivity (Wildman–Crippen MR) is 121 cm³/mol. The van der Waals surface area contributed by atoms with E-state index in [1.807, 2.05) is 27.7 Å². The lowest BCUT2D eigenvalue weighted by Gasteiger charge is -2.32. The number of benzene rings is 1. The molecule has 4 atom stereocenters. The first-order valence-corrected chi connectivity index (χ1v) is 11.8. The number of carbonyl (C=O) groups excluding carboxylic acids is 4. The number of ketones is 2. The molecule has 6 heteroatoms. The summed E-state index contributed by atoms with van der Waals surface area (Å²) in [5.41, 5.74) is -1.69. The Kier molecular flexibility index (Phi) is 4.35. The molecule has 2 N–H and O–H groups in total. The van der Waals surface area contributed by atoms with Gasteiger partial charge in [0.2, 0.25) is 11.8 Å². The smallest absolute Gasteiger partial charge is 0.238 e. The molecule has 4 aliphatic rings. The van der Waals surface area contributed by atoms with E-state index in [4.69, 9.17) is 0 Å².